The number of benzene rings is 1. The highest BCUT2D eigenvalue weighted by Gasteiger charge is 2.29. The number of hydrogen-bond acceptors (Lipinski definition) is 3. The third-order valence-electron chi connectivity index (χ3n) is 5.96. The fourth-order valence-electron chi connectivity index (χ4n) is 4.29. The Hall–Kier alpha value is -3.09. The fraction of sp³-hybridized carbons (Fsp3) is 0.409. The minimum absolute atomic E-state index is 0.0844. The number of aryl methyl sites for hydroxylation is 1. The summed E-state index contributed by atoms with van der Waals surface area (Å²) in [5.41, 5.74) is 1.15. The van der Waals surface area contributed by atoms with Crippen molar-refractivity contribution in [2.24, 2.45) is 14.1 Å². The Balaban J connectivity index is 1.95. The van der Waals surface area contributed by atoms with Crippen molar-refractivity contribution in [3.63, 3.8) is 0 Å². The second-order valence-corrected chi connectivity index (χ2v) is 7.89. The van der Waals surface area contributed by atoms with Gasteiger partial charge in [0.1, 0.15) is 11.3 Å². The highest BCUT2D eigenvalue weighted by Crippen LogP contribution is 2.23. The summed E-state index contributed by atoms with van der Waals surface area (Å²) in [5, 5.41) is 0.388. The predicted octanol–water partition coefficient (Wildman–Crippen LogP) is 2.10. The van der Waals surface area contributed by atoms with Crippen LogP contribution >= 0.6 is 0 Å². The fourth-order valence-corrected chi connectivity index (χ4v) is 4.29. The Bertz CT molecular complexity index is 1190. The van der Waals surface area contributed by atoms with E-state index in [1.165, 1.54) is 11.6 Å². The lowest BCUT2D eigenvalue weighted by atomic mass is 10.0. The average Bonchev–Trinajstić information content (AvgIpc) is 3.10. The Morgan fingerprint density at radius 2 is 1.79 bits per heavy atom. The summed E-state index contributed by atoms with van der Waals surface area (Å²) in [7, 11) is 3.11. The number of amides is 1. The molecule has 0 N–H and O–H groups in total. The zero-order valence-electron chi connectivity index (χ0n) is 17.1. The molecule has 4 rings (SSSR count). The Kier molecular flexibility index (Phi) is 4.90. The van der Waals surface area contributed by atoms with E-state index in [2.05, 4.69) is 6.92 Å². The molecule has 7 heteroatoms. The van der Waals surface area contributed by atoms with Gasteiger partial charge in [-0.1, -0.05) is 30.3 Å². The Morgan fingerprint density at radius 3 is 2.48 bits per heavy atom. The second kappa shape index (κ2) is 7.39. The molecule has 1 saturated heterocycles. The SMILES string of the molecule is C[C@@H]1CCCCN1C(=O)c1cc2c(=O)n(C)c(=O)n(C)c2n1Cc1ccccc1. The molecule has 1 atom stereocenters. The molecule has 1 aliphatic rings. The molecule has 0 saturated carbocycles. The van der Waals surface area contributed by atoms with Crippen molar-refractivity contribution in [3.05, 3.63) is 68.5 Å². The lowest BCUT2D eigenvalue weighted by molar-refractivity contribution is 0.0625. The Morgan fingerprint density at radius 1 is 1.07 bits per heavy atom. The van der Waals surface area contributed by atoms with E-state index < -0.39 is 5.69 Å². The number of aromatic nitrogens is 3. The number of carbonyl (C=O) groups excluding carboxylic acids is 1. The smallest absolute Gasteiger partial charge is 0.332 e. The van der Waals surface area contributed by atoms with Crippen LogP contribution in [0.3, 0.4) is 0 Å². The van der Waals surface area contributed by atoms with E-state index in [0.29, 0.717) is 29.8 Å². The highest BCUT2D eigenvalue weighted by atomic mass is 16.2. The zero-order valence-corrected chi connectivity index (χ0v) is 17.1. The lowest BCUT2D eigenvalue weighted by Crippen LogP contribution is -2.42. The third kappa shape index (κ3) is 3.20. The number of fused-ring (bicyclic) bond motifs is 1. The molecule has 1 fully saturated rings. The molecule has 3 heterocycles. The van der Waals surface area contributed by atoms with Crippen LogP contribution in [-0.4, -0.2) is 37.1 Å². The van der Waals surface area contributed by atoms with E-state index in [9.17, 15) is 14.4 Å². The van der Waals surface area contributed by atoms with E-state index in [1.54, 1.807) is 13.1 Å². The summed E-state index contributed by atoms with van der Waals surface area (Å²) < 4.78 is 4.36. The Labute approximate surface area is 168 Å². The van der Waals surface area contributed by atoms with Gasteiger partial charge in [0.2, 0.25) is 0 Å². The van der Waals surface area contributed by atoms with Gasteiger partial charge in [-0.05, 0) is 37.8 Å². The average molecular weight is 394 g/mol. The first-order chi connectivity index (χ1) is 13.9. The largest absolute Gasteiger partial charge is 0.335 e. The number of piperidine rings is 1. The van der Waals surface area contributed by atoms with Gasteiger partial charge in [-0.25, -0.2) is 4.79 Å². The zero-order chi connectivity index (χ0) is 20.7. The standard InChI is InChI=1S/C22H26N4O3/c1-15-9-7-8-12-25(15)21(28)18-13-17-19(23(2)22(29)24(3)20(17)27)26(18)14-16-10-5-4-6-11-16/h4-6,10-11,13,15H,7-9,12,14H2,1-3H3/t15-/m1/s1. The molecule has 3 aromatic rings. The minimum atomic E-state index is -0.403. The first-order valence-corrected chi connectivity index (χ1v) is 10.0. The van der Waals surface area contributed by atoms with Crippen molar-refractivity contribution in [3.8, 4) is 0 Å². The van der Waals surface area contributed by atoms with Crippen LogP contribution < -0.4 is 11.2 Å². The minimum Gasteiger partial charge on any atom is -0.335 e. The summed E-state index contributed by atoms with van der Waals surface area (Å²) in [4.78, 5) is 40.7. The molecule has 0 unspecified atom stereocenters. The van der Waals surface area contributed by atoms with Crippen LogP contribution in [0.15, 0.2) is 46.0 Å². The maximum absolute atomic E-state index is 13.5. The number of hydrogen-bond donors (Lipinski definition) is 0. The number of carbonyl (C=O) groups is 1. The molecular weight excluding hydrogens is 368 g/mol. The van der Waals surface area contributed by atoms with Gasteiger partial charge in [-0.15, -0.1) is 0 Å². The van der Waals surface area contributed by atoms with Crippen molar-refractivity contribution >= 4 is 16.9 Å². The van der Waals surface area contributed by atoms with Crippen LogP contribution in [0.5, 0.6) is 0 Å². The summed E-state index contributed by atoms with van der Waals surface area (Å²) in [6.45, 7) is 3.19. The highest BCUT2D eigenvalue weighted by molar-refractivity contribution is 5.98. The van der Waals surface area contributed by atoms with Crippen molar-refractivity contribution in [1.29, 1.82) is 0 Å². The van der Waals surface area contributed by atoms with Gasteiger partial charge in [0.25, 0.3) is 11.5 Å². The van der Waals surface area contributed by atoms with Crippen LogP contribution in [0.25, 0.3) is 11.0 Å². The summed E-state index contributed by atoms with van der Waals surface area (Å²) in [5.74, 6) is -0.0844. The first-order valence-electron chi connectivity index (χ1n) is 10.0. The van der Waals surface area contributed by atoms with Crippen LogP contribution in [0, 0.1) is 0 Å². The van der Waals surface area contributed by atoms with Gasteiger partial charge >= 0.3 is 5.69 Å². The topological polar surface area (TPSA) is 69.2 Å². The van der Waals surface area contributed by atoms with Gasteiger partial charge < -0.3 is 9.47 Å². The molecule has 0 bridgehead atoms. The van der Waals surface area contributed by atoms with Gasteiger partial charge in [-0.2, -0.15) is 0 Å². The second-order valence-electron chi connectivity index (χ2n) is 7.89. The molecule has 0 spiro atoms. The number of rotatable bonds is 3. The van der Waals surface area contributed by atoms with Gasteiger partial charge in [-0.3, -0.25) is 18.7 Å². The van der Waals surface area contributed by atoms with Crippen LogP contribution in [0.4, 0.5) is 0 Å². The van der Waals surface area contributed by atoms with Crippen molar-refractivity contribution in [2.75, 3.05) is 6.54 Å². The van der Waals surface area contributed by atoms with Crippen molar-refractivity contribution < 1.29 is 4.79 Å². The summed E-state index contributed by atoms with van der Waals surface area (Å²) in [6, 6.07) is 11.6. The monoisotopic (exact) mass is 394 g/mol. The molecule has 1 aromatic carbocycles. The molecule has 0 aliphatic carbocycles. The molecular formula is C22H26N4O3. The molecule has 0 radical (unpaired) electrons. The number of likely N-dealkylation sites (tertiary alicyclic amines) is 1. The van der Waals surface area contributed by atoms with Crippen molar-refractivity contribution in [1.82, 2.24) is 18.6 Å². The maximum Gasteiger partial charge on any atom is 0.332 e. The van der Waals surface area contributed by atoms with Crippen LogP contribution in [0.1, 0.15) is 42.2 Å². The van der Waals surface area contributed by atoms with Gasteiger partial charge in [0, 0.05) is 33.2 Å². The molecule has 1 amide bonds. The lowest BCUT2D eigenvalue weighted by Gasteiger charge is -2.33. The number of nitrogens with zero attached hydrogens (tertiary/aromatic N) is 4. The quantitative estimate of drug-likeness (QED) is 0.683. The normalized spacial score (nSPS) is 17.1. The van der Waals surface area contributed by atoms with Gasteiger partial charge in [0.15, 0.2) is 0 Å². The molecule has 29 heavy (non-hydrogen) atoms. The van der Waals surface area contributed by atoms with E-state index >= 15 is 0 Å². The molecule has 1 aliphatic heterocycles. The van der Waals surface area contributed by atoms with Crippen LogP contribution in [-0.2, 0) is 20.6 Å². The van der Waals surface area contributed by atoms with Gasteiger partial charge in [0.05, 0.1) is 5.39 Å². The predicted molar refractivity (Wildman–Crippen MR) is 112 cm³/mol. The van der Waals surface area contributed by atoms with E-state index in [-0.39, 0.29) is 17.5 Å². The molecule has 152 valence electrons. The molecule has 7 nitrogen and oxygen atoms in total. The first kappa shape index (κ1) is 19.2. The van der Waals surface area contributed by atoms with E-state index in [4.69, 9.17) is 0 Å². The maximum atomic E-state index is 13.5. The van der Waals surface area contributed by atoms with E-state index in [1.807, 2.05) is 39.8 Å². The van der Waals surface area contributed by atoms with Crippen molar-refractivity contribution in [2.45, 2.75) is 38.8 Å². The van der Waals surface area contributed by atoms with Crippen LogP contribution in [0.2, 0.25) is 0 Å². The van der Waals surface area contributed by atoms with E-state index in [0.717, 1.165) is 29.4 Å². The molecule has 2 aromatic heterocycles. The summed E-state index contributed by atoms with van der Waals surface area (Å²) in [6.07, 6.45) is 3.08. The third-order valence-corrected chi connectivity index (χ3v) is 5.96. The summed E-state index contributed by atoms with van der Waals surface area (Å²) >= 11 is 0.